The lowest BCUT2D eigenvalue weighted by molar-refractivity contribution is 0.380. The Balaban J connectivity index is 2.34. The van der Waals surface area contributed by atoms with Crippen LogP contribution >= 0.6 is 0 Å². The normalized spacial score (nSPS) is 10.0. The minimum Gasteiger partial charge on any atom is -0.497 e. The summed E-state index contributed by atoms with van der Waals surface area (Å²) in [6.45, 7) is 0. The average Bonchev–Trinajstić information content (AvgIpc) is 2.46. The van der Waals surface area contributed by atoms with E-state index in [9.17, 15) is 0 Å². The van der Waals surface area contributed by atoms with Crippen LogP contribution in [-0.4, -0.2) is 29.9 Å². The zero-order chi connectivity index (χ0) is 13.8. The number of rotatable bonds is 4. The number of aromatic nitrogens is 2. The summed E-state index contributed by atoms with van der Waals surface area (Å²) < 4.78 is 10.0. The summed E-state index contributed by atoms with van der Waals surface area (Å²) in [4.78, 5) is 7.99. The van der Waals surface area contributed by atoms with Crippen LogP contribution in [0.2, 0.25) is 0 Å². The number of nitrogens with two attached hydrogens (primary N) is 1. The number of anilines is 1. The van der Waals surface area contributed by atoms with Crippen LogP contribution in [0, 0.1) is 5.41 Å². The summed E-state index contributed by atoms with van der Waals surface area (Å²) in [5.74, 6) is 0.997. The van der Waals surface area contributed by atoms with E-state index >= 15 is 0 Å². The van der Waals surface area contributed by atoms with Crippen LogP contribution in [0.3, 0.4) is 0 Å². The number of benzene rings is 1. The summed E-state index contributed by atoms with van der Waals surface area (Å²) in [6, 6.07) is 8.82. The highest BCUT2D eigenvalue weighted by Crippen LogP contribution is 2.16. The number of hydrogen-bond donors (Lipinski definition) is 2. The summed E-state index contributed by atoms with van der Waals surface area (Å²) in [6.07, 6.45) is 0. The van der Waals surface area contributed by atoms with E-state index in [0.717, 1.165) is 5.75 Å². The van der Waals surface area contributed by atoms with Crippen molar-refractivity contribution in [2.75, 3.05) is 20.0 Å². The van der Waals surface area contributed by atoms with Crippen LogP contribution in [0.5, 0.6) is 11.8 Å². The molecule has 0 radical (unpaired) electrons. The van der Waals surface area contributed by atoms with Crippen molar-refractivity contribution in [3.63, 3.8) is 0 Å². The fourth-order valence-corrected chi connectivity index (χ4v) is 1.57. The largest absolute Gasteiger partial charge is 0.497 e. The molecule has 0 aliphatic heterocycles. The standard InChI is InChI=1S/C13H14N4O2/c1-18-9-5-3-8(4-6-9)12(15)10-7-11(14)17-13(16-10)19-2/h3-7,15H,1-2H3,(H2,14,16,17). The third kappa shape index (κ3) is 2.79. The monoisotopic (exact) mass is 258 g/mol. The number of methoxy groups -OCH3 is 2. The van der Waals surface area contributed by atoms with Gasteiger partial charge in [-0.05, 0) is 24.3 Å². The van der Waals surface area contributed by atoms with Crippen LogP contribution in [0.15, 0.2) is 30.3 Å². The van der Waals surface area contributed by atoms with Gasteiger partial charge in [0.2, 0.25) is 0 Å². The number of ether oxygens (including phenoxy) is 2. The second-order valence-electron chi connectivity index (χ2n) is 3.77. The molecule has 0 fully saturated rings. The van der Waals surface area contributed by atoms with Gasteiger partial charge >= 0.3 is 6.01 Å². The lowest BCUT2D eigenvalue weighted by Gasteiger charge is -2.07. The van der Waals surface area contributed by atoms with Crippen molar-refractivity contribution in [2.24, 2.45) is 0 Å². The Morgan fingerprint density at radius 2 is 1.79 bits per heavy atom. The molecule has 3 N–H and O–H groups in total. The molecule has 2 rings (SSSR count). The first kappa shape index (κ1) is 12.8. The predicted molar refractivity (Wildman–Crippen MR) is 71.9 cm³/mol. The number of nitrogens with zero attached hydrogens (tertiary/aromatic N) is 2. The van der Waals surface area contributed by atoms with Crippen molar-refractivity contribution in [1.29, 1.82) is 5.41 Å². The van der Waals surface area contributed by atoms with E-state index in [1.165, 1.54) is 13.2 Å². The Kier molecular flexibility index (Phi) is 3.61. The van der Waals surface area contributed by atoms with Gasteiger partial charge in [-0.1, -0.05) is 0 Å². The van der Waals surface area contributed by atoms with E-state index in [1.807, 2.05) is 0 Å². The smallest absolute Gasteiger partial charge is 0.318 e. The van der Waals surface area contributed by atoms with E-state index in [-0.39, 0.29) is 17.5 Å². The minimum atomic E-state index is 0.147. The Bertz CT molecular complexity index is 596. The molecule has 6 heteroatoms. The molecule has 1 heterocycles. The molecule has 0 aliphatic carbocycles. The topological polar surface area (TPSA) is 94.1 Å². The molecule has 6 nitrogen and oxygen atoms in total. The average molecular weight is 258 g/mol. The second-order valence-corrected chi connectivity index (χ2v) is 3.77. The lowest BCUT2D eigenvalue weighted by Crippen LogP contribution is -2.08. The quantitative estimate of drug-likeness (QED) is 0.810. The van der Waals surface area contributed by atoms with Gasteiger partial charge in [-0.3, -0.25) is 5.41 Å². The Morgan fingerprint density at radius 3 is 2.37 bits per heavy atom. The number of nitrogen functional groups attached to an aromatic ring is 1. The van der Waals surface area contributed by atoms with Crippen molar-refractivity contribution >= 4 is 11.5 Å². The molecule has 1 aromatic carbocycles. The lowest BCUT2D eigenvalue weighted by atomic mass is 10.1. The van der Waals surface area contributed by atoms with E-state index in [4.69, 9.17) is 20.6 Å². The van der Waals surface area contributed by atoms with Gasteiger partial charge in [-0.15, -0.1) is 0 Å². The SMILES string of the molecule is COc1ccc(C(=N)c2cc(N)nc(OC)n2)cc1. The van der Waals surface area contributed by atoms with E-state index in [1.54, 1.807) is 31.4 Å². The van der Waals surface area contributed by atoms with Crippen LogP contribution in [-0.2, 0) is 0 Å². The first-order chi connectivity index (χ1) is 9.13. The fraction of sp³-hybridized carbons (Fsp3) is 0.154. The molecular weight excluding hydrogens is 244 g/mol. The maximum absolute atomic E-state index is 8.12. The Labute approximate surface area is 110 Å². The van der Waals surface area contributed by atoms with Gasteiger partial charge in [0.1, 0.15) is 11.6 Å². The molecule has 98 valence electrons. The summed E-state index contributed by atoms with van der Waals surface area (Å²) >= 11 is 0. The maximum atomic E-state index is 8.12. The van der Waals surface area contributed by atoms with Gasteiger partial charge < -0.3 is 15.2 Å². The molecule has 19 heavy (non-hydrogen) atoms. The minimum absolute atomic E-state index is 0.147. The first-order valence-corrected chi connectivity index (χ1v) is 5.56. The Hall–Kier alpha value is -2.63. The van der Waals surface area contributed by atoms with Crippen molar-refractivity contribution in [3.8, 4) is 11.8 Å². The maximum Gasteiger partial charge on any atom is 0.318 e. The van der Waals surface area contributed by atoms with Gasteiger partial charge in [0, 0.05) is 11.6 Å². The zero-order valence-corrected chi connectivity index (χ0v) is 10.7. The fourth-order valence-electron chi connectivity index (χ4n) is 1.57. The van der Waals surface area contributed by atoms with Crippen molar-refractivity contribution in [3.05, 3.63) is 41.6 Å². The first-order valence-electron chi connectivity index (χ1n) is 5.56. The third-order valence-corrected chi connectivity index (χ3v) is 2.54. The molecule has 0 saturated heterocycles. The van der Waals surface area contributed by atoms with Crippen molar-refractivity contribution in [2.45, 2.75) is 0 Å². The zero-order valence-electron chi connectivity index (χ0n) is 10.7. The molecule has 0 spiro atoms. The van der Waals surface area contributed by atoms with Crippen LogP contribution in [0.25, 0.3) is 0 Å². The molecule has 1 aromatic heterocycles. The highest BCUT2D eigenvalue weighted by Gasteiger charge is 2.10. The van der Waals surface area contributed by atoms with Crippen molar-refractivity contribution in [1.82, 2.24) is 9.97 Å². The van der Waals surface area contributed by atoms with E-state index in [2.05, 4.69) is 9.97 Å². The Morgan fingerprint density at radius 1 is 1.11 bits per heavy atom. The van der Waals surface area contributed by atoms with Crippen LogP contribution in [0.4, 0.5) is 5.82 Å². The third-order valence-electron chi connectivity index (χ3n) is 2.54. The molecule has 0 bridgehead atoms. The number of hydrogen-bond acceptors (Lipinski definition) is 6. The van der Waals surface area contributed by atoms with Gasteiger partial charge in [0.15, 0.2) is 0 Å². The highest BCUT2D eigenvalue weighted by atomic mass is 16.5. The van der Waals surface area contributed by atoms with E-state index in [0.29, 0.717) is 11.3 Å². The molecule has 0 aliphatic rings. The van der Waals surface area contributed by atoms with Gasteiger partial charge in [-0.2, -0.15) is 9.97 Å². The molecular formula is C13H14N4O2. The van der Waals surface area contributed by atoms with Gasteiger partial charge in [-0.25, -0.2) is 0 Å². The second kappa shape index (κ2) is 5.34. The molecule has 0 atom stereocenters. The van der Waals surface area contributed by atoms with Gasteiger partial charge in [0.05, 0.1) is 25.6 Å². The van der Waals surface area contributed by atoms with Crippen LogP contribution < -0.4 is 15.2 Å². The summed E-state index contributed by atoms with van der Waals surface area (Å²) in [5, 5.41) is 8.12. The summed E-state index contributed by atoms with van der Waals surface area (Å²) in [7, 11) is 3.05. The molecule has 0 amide bonds. The number of nitrogens with one attached hydrogen (secondary N) is 1. The van der Waals surface area contributed by atoms with Gasteiger partial charge in [0.25, 0.3) is 0 Å². The molecule has 2 aromatic rings. The highest BCUT2D eigenvalue weighted by molar-refractivity contribution is 6.09. The molecule has 0 unspecified atom stereocenters. The molecule has 0 saturated carbocycles. The summed E-state index contributed by atoms with van der Waals surface area (Å²) in [5.41, 5.74) is 7.01. The van der Waals surface area contributed by atoms with E-state index < -0.39 is 0 Å². The van der Waals surface area contributed by atoms with Crippen molar-refractivity contribution < 1.29 is 9.47 Å². The predicted octanol–water partition coefficient (Wildman–Crippen LogP) is 1.49. The van der Waals surface area contributed by atoms with Crippen LogP contribution in [0.1, 0.15) is 11.3 Å².